The van der Waals surface area contributed by atoms with Gasteiger partial charge in [-0.15, -0.1) is 0 Å². The van der Waals surface area contributed by atoms with Gasteiger partial charge in [-0.1, -0.05) is 25.5 Å². The fourth-order valence-corrected chi connectivity index (χ4v) is 4.80. The summed E-state index contributed by atoms with van der Waals surface area (Å²) in [4.78, 5) is 8.98. The van der Waals surface area contributed by atoms with Crippen LogP contribution in [0.3, 0.4) is 0 Å². The van der Waals surface area contributed by atoms with Gasteiger partial charge in [-0.25, -0.2) is 4.98 Å². The highest BCUT2D eigenvalue weighted by Crippen LogP contribution is 2.28. The Morgan fingerprint density at radius 3 is 2.78 bits per heavy atom. The van der Waals surface area contributed by atoms with Gasteiger partial charge in [0.2, 0.25) is 5.95 Å². The Balaban J connectivity index is 1.59. The Labute approximate surface area is 212 Å². The number of aliphatic hydroxyl groups is 1. The predicted octanol–water partition coefficient (Wildman–Crippen LogP) is 3.01. The Morgan fingerprint density at radius 1 is 1.25 bits per heavy atom. The Kier molecular flexibility index (Phi) is 8.95. The van der Waals surface area contributed by atoms with Crippen LogP contribution in [0.25, 0.3) is 11.0 Å². The number of ether oxygens (including phenoxy) is 2. The quantitative estimate of drug-likeness (QED) is 0.298. The molecule has 2 aromatic heterocycles. The summed E-state index contributed by atoms with van der Waals surface area (Å²) >= 11 is 0. The first-order valence-electron chi connectivity index (χ1n) is 12.9. The molecule has 0 unspecified atom stereocenters. The van der Waals surface area contributed by atoms with E-state index in [0.717, 1.165) is 73.5 Å². The van der Waals surface area contributed by atoms with E-state index >= 15 is 0 Å². The SMILES string of the molecule is CCC[C@@H](CCO)Nc1nc(N)nc2c(C)nn(Cc3ccc(CNC4CCOCC4)cc3OC)c12. The van der Waals surface area contributed by atoms with Crippen LogP contribution in [0.2, 0.25) is 0 Å². The standard InChI is InChI=1S/C26H39N7O3/c1-4-5-21(8-11-34)29-25-24-23(30-26(27)31-25)17(2)32-33(24)16-19-7-6-18(14-22(19)35-3)15-28-20-9-12-36-13-10-20/h6-7,14,20-21,28,34H,4-5,8-13,15-16H2,1-3H3,(H3,27,29,30,31)/t21-/m0/s1. The van der Waals surface area contributed by atoms with Gasteiger partial charge in [-0.05, 0) is 44.2 Å². The third kappa shape index (κ3) is 6.24. The maximum absolute atomic E-state index is 9.52. The van der Waals surface area contributed by atoms with Gasteiger partial charge in [0, 0.05) is 44.0 Å². The first-order chi connectivity index (χ1) is 17.5. The number of hydrogen-bond donors (Lipinski definition) is 4. The molecule has 10 nitrogen and oxygen atoms in total. The van der Waals surface area contributed by atoms with E-state index in [1.165, 1.54) is 5.56 Å². The smallest absolute Gasteiger partial charge is 0.222 e. The molecule has 1 aliphatic heterocycles. The number of aryl methyl sites for hydroxylation is 1. The second-order valence-electron chi connectivity index (χ2n) is 9.43. The van der Waals surface area contributed by atoms with Crippen molar-refractivity contribution in [2.45, 2.75) is 71.1 Å². The number of nitrogens with zero attached hydrogens (tertiary/aromatic N) is 4. The van der Waals surface area contributed by atoms with E-state index in [0.29, 0.717) is 24.8 Å². The summed E-state index contributed by atoms with van der Waals surface area (Å²) in [7, 11) is 1.70. The van der Waals surface area contributed by atoms with Crippen molar-refractivity contribution in [3.63, 3.8) is 0 Å². The van der Waals surface area contributed by atoms with Crippen LogP contribution >= 0.6 is 0 Å². The summed E-state index contributed by atoms with van der Waals surface area (Å²) in [6.07, 6.45) is 4.62. The lowest BCUT2D eigenvalue weighted by Gasteiger charge is -2.23. The number of anilines is 2. The maximum Gasteiger partial charge on any atom is 0.222 e. The third-order valence-electron chi connectivity index (χ3n) is 6.72. The van der Waals surface area contributed by atoms with E-state index in [4.69, 9.17) is 20.3 Å². The Morgan fingerprint density at radius 2 is 2.06 bits per heavy atom. The number of fused-ring (bicyclic) bond motifs is 1. The molecular formula is C26H39N7O3. The van der Waals surface area contributed by atoms with Crippen LogP contribution in [0.4, 0.5) is 11.8 Å². The van der Waals surface area contributed by atoms with Gasteiger partial charge in [0.25, 0.3) is 0 Å². The first kappa shape index (κ1) is 26.1. The Bertz CT molecular complexity index is 1140. The average molecular weight is 498 g/mol. The van der Waals surface area contributed by atoms with Gasteiger partial charge in [-0.3, -0.25) is 4.68 Å². The molecule has 0 saturated carbocycles. The lowest BCUT2D eigenvalue weighted by molar-refractivity contribution is 0.0776. The van der Waals surface area contributed by atoms with Crippen LogP contribution in [0.15, 0.2) is 18.2 Å². The zero-order valence-electron chi connectivity index (χ0n) is 21.6. The monoisotopic (exact) mass is 497 g/mol. The number of nitrogens with one attached hydrogen (secondary N) is 2. The van der Waals surface area contributed by atoms with Crippen molar-refractivity contribution in [2.24, 2.45) is 0 Å². The van der Waals surface area contributed by atoms with Crippen LogP contribution in [0, 0.1) is 6.92 Å². The van der Waals surface area contributed by atoms with E-state index in [9.17, 15) is 5.11 Å². The number of aromatic nitrogens is 4. The van der Waals surface area contributed by atoms with Gasteiger partial charge in [0.05, 0.1) is 19.3 Å². The number of nitrogen functional groups attached to an aromatic ring is 1. The largest absolute Gasteiger partial charge is 0.496 e. The molecule has 4 rings (SSSR count). The van der Waals surface area contributed by atoms with Crippen molar-refractivity contribution < 1.29 is 14.6 Å². The van der Waals surface area contributed by atoms with Crippen molar-refractivity contribution >= 4 is 22.8 Å². The molecule has 1 fully saturated rings. The second-order valence-corrected chi connectivity index (χ2v) is 9.43. The zero-order chi connectivity index (χ0) is 25.5. The fourth-order valence-electron chi connectivity index (χ4n) is 4.80. The lowest BCUT2D eigenvalue weighted by atomic mass is 10.1. The first-order valence-corrected chi connectivity index (χ1v) is 12.9. The molecule has 1 saturated heterocycles. The minimum absolute atomic E-state index is 0.0817. The highest BCUT2D eigenvalue weighted by atomic mass is 16.5. The van der Waals surface area contributed by atoms with Crippen molar-refractivity contribution in [1.29, 1.82) is 0 Å². The summed E-state index contributed by atoms with van der Waals surface area (Å²) in [5.74, 6) is 1.66. The van der Waals surface area contributed by atoms with Gasteiger partial charge in [0.1, 0.15) is 16.8 Å². The number of rotatable bonds is 12. The summed E-state index contributed by atoms with van der Waals surface area (Å²) < 4.78 is 13.1. The van der Waals surface area contributed by atoms with Crippen molar-refractivity contribution in [2.75, 3.05) is 38.0 Å². The summed E-state index contributed by atoms with van der Waals surface area (Å²) in [6.45, 7) is 7.09. The molecule has 5 N–H and O–H groups in total. The third-order valence-corrected chi connectivity index (χ3v) is 6.72. The molecule has 0 bridgehead atoms. The van der Waals surface area contributed by atoms with Crippen LogP contribution in [-0.4, -0.2) is 63.9 Å². The molecule has 3 aromatic rings. The molecule has 10 heteroatoms. The van der Waals surface area contributed by atoms with Crippen molar-refractivity contribution in [3.05, 3.63) is 35.0 Å². The number of nitrogens with two attached hydrogens (primary N) is 1. The minimum Gasteiger partial charge on any atom is -0.496 e. The molecule has 196 valence electrons. The predicted molar refractivity (Wildman–Crippen MR) is 141 cm³/mol. The summed E-state index contributed by atoms with van der Waals surface area (Å²) in [5, 5.41) is 21.4. The van der Waals surface area contributed by atoms with E-state index < -0.39 is 0 Å². The topological polar surface area (TPSA) is 132 Å². The summed E-state index contributed by atoms with van der Waals surface area (Å²) in [6, 6.07) is 6.89. The summed E-state index contributed by atoms with van der Waals surface area (Å²) in [5.41, 5.74) is 10.5. The number of aliphatic hydroxyl groups excluding tert-OH is 1. The van der Waals surface area contributed by atoms with Gasteiger partial charge in [-0.2, -0.15) is 10.1 Å². The average Bonchev–Trinajstić information content (AvgIpc) is 3.19. The van der Waals surface area contributed by atoms with E-state index in [1.54, 1.807) is 7.11 Å². The Hall–Kier alpha value is -2.95. The van der Waals surface area contributed by atoms with E-state index in [1.807, 2.05) is 11.6 Å². The molecule has 1 atom stereocenters. The lowest BCUT2D eigenvalue weighted by Crippen LogP contribution is -2.34. The van der Waals surface area contributed by atoms with Gasteiger partial charge >= 0.3 is 0 Å². The number of hydrogen-bond acceptors (Lipinski definition) is 9. The minimum atomic E-state index is 0.0817. The number of methoxy groups -OCH3 is 1. The molecule has 1 aromatic carbocycles. The highest BCUT2D eigenvalue weighted by Gasteiger charge is 2.20. The van der Waals surface area contributed by atoms with Crippen LogP contribution in [0.5, 0.6) is 5.75 Å². The molecule has 0 radical (unpaired) electrons. The van der Waals surface area contributed by atoms with Gasteiger partial charge in [0.15, 0.2) is 5.82 Å². The second kappa shape index (κ2) is 12.3. The van der Waals surface area contributed by atoms with Crippen molar-refractivity contribution in [3.8, 4) is 5.75 Å². The fraction of sp³-hybridized carbons (Fsp3) is 0.577. The molecular weight excluding hydrogens is 458 g/mol. The van der Waals surface area contributed by atoms with Crippen molar-refractivity contribution in [1.82, 2.24) is 25.1 Å². The van der Waals surface area contributed by atoms with E-state index in [-0.39, 0.29) is 18.6 Å². The van der Waals surface area contributed by atoms with Crippen LogP contribution in [0.1, 0.15) is 55.8 Å². The van der Waals surface area contributed by atoms with Crippen LogP contribution in [-0.2, 0) is 17.8 Å². The molecule has 3 heterocycles. The normalized spacial score (nSPS) is 15.3. The molecule has 1 aliphatic rings. The van der Waals surface area contributed by atoms with Crippen LogP contribution < -0.4 is 21.1 Å². The molecule has 36 heavy (non-hydrogen) atoms. The van der Waals surface area contributed by atoms with E-state index in [2.05, 4.69) is 45.7 Å². The molecule has 0 aliphatic carbocycles. The molecule has 0 amide bonds. The maximum atomic E-state index is 9.52. The van der Waals surface area contributed by atoms with Gasteiger partial charge < -0.3 is 30.9 Å². The molecule has 0 spiro atoms. The highest BCUT2D eigenvalue weighted by molar-refractivity contribution is 5.88. The zero-order valence-corrected chi connectivity index (χ0v) is 21.6. The number of benzene rings is 1.